The average Bonchev–Trinajstić information content (AvgIpc) is 2.28. The molecule has 1 aromatic carbocycles. The molecule has 0 aliphatic rings. The van der Waals surface area contributed by atoms with Crippen LogP contribution in [0.5, 0.6) is 17.2 Å². The molecule has 0 saturated carbocycles. The van der Waals surface area contributed by atoms with Crippen LogP contribution in [0.15, 0.2) is 12.1 Å². The van der Waals surface area contributed by atoms with Gasteiger partial charge in [-0.25, -0.2) is 0 Å². The molecule has 0 saturated heterocycles. The fourth-order valence-electron chi connectivity index (χ4n) is 1.48. The number of aliphatic hydroxyl groups is 1. The summed E-state index contributed by atoms with van der Waals surface area (Å²) in [7, 11) is 4.70. The maximum Gasteiger partial charge on any atom is 0.203 e. The standard InChI is InChI=1S/C11H16O4/c1-13-9-5-4-8(6-7-12)10(14-2)11(9)15-3/h4-5,12H,6-7H2,1-3H3. The zero-order valence-corrected chi connectivity index (χ0v) is 9.24. The lowest BCUT2D eigenvalue weighted by molar-refractivity contribution is 0.292. The van der Waals surface area contributed by atoms with E-state index in [1.165, 1.54) is 0 Å². The van der Waals surface area contributed by atoms with Gasteiger partial charge >= 0.3 is 0 Å². The third kappa shape index (κ3) is 2.33. The fraction of sp³-hybridized carbons (Fsp3) is 0.455. The molecule has 4 heteroatoms. The predicted octanol–water partition coefficient (Wildman–Crippen LogP) is 1.25. The van der Waals surface area contributed by atoms with Crippen molar-refractivity contribution in [3.8, 4) is 17.2 Å². The molecule has 4 nitrogen and oxygen atoms in total. The van der Waals surface area contributed by atoms with E-state index < -0.39 is 0 Å². The lowest BCUT2D eigenvalue weighted by atomic mass is 10.1. The molecule has 0 atom stereocenters. The van der Waals surface area contributed by atoms with Crippen molar-refractivity contribution < 1.29 is 19.3 Å². The molecule has 15 heavy (non-hydrogen) atoms. The third-order valence-electron chi connectivity index (χ3n) is 2.17. The zero-order chi connectivity index (χ0) is 11.3. The van der Waals surface area contributed by atoms with Crippen LogP contribution in [0.25, 0.3) is 0 Å². The summed E-state index contributed by atoms with van der Waals surface area (Å²) in [6.45, 7) is 0.0752. The Labute approximate surface area is 89.4 Å². The molecule has 1 rings (SSSR count). The van der Waals surface area contributed by atoms with Crippen LogP contribution in [0.4, 0.5) is 0 Å². The quantitative estimate of drug-likeness (QED) is 0.798. The van der Waals surface area contributed by atoms with Crippen molar-refractivity contribution in [2.45, 2.75) is 6.42 Å². The summed E-state index contributed by atoms with van der Waals surface area (Å²) >= 11 is 0. The Balaban J connectivity index is 3.21. The molecule has 0 fully saturated rings. The van der Waals surface area contributed by atoms with E-state index in [1.54, 1.807) is 27.4 Å². The van der Waals surface area contributed by atoms with Crippen LogP contribution in [0.1, 0.15) is 5.56 Å². The Kier molecular flexibility index (Phi) is 4.24. The Hall–Kier alpha value is -1.42. The summed E-state index contributed by atoms with van der Waals surface area (Å²) in [6.07, 6.45) is 0.531. The predicted molar refractivity (Wildman–Crippen MR) is 56.9 cm³/mol. The lowest BCUT2D eigenvalue weighted by Crippen LogP contribution is -2.00. The first-order chi connectivity index (χ1) is 7.28. The second-order valence-corrected chi connectivity index (χ2v) is 2.97. The number of methoxy groups -OCH3 is 3. The van der Waals surface area contributed by atoms with Crippen LogP contribution < -0.4 is 14.2 Å². The molecule has 0 radical (unpaired) electrons. The van der Waals surface area contributed by atoms with E-state index in [-0.39, 0.29) is 6.61 Å². The molecule has 0 amide bonds. The smallest absolute Gasteiger partial charge is 0.203 e. The van der Waals surface area contributed by atoms with Gasteiger partial charge < -0.3 is 19.3 Å². The largest absolute Gasteiger partial charge is 0.493 e. The van der Waals surface area contributed by atoms with Gasteiger partial charge in [-0.1, -0.05) is 6.07 Å². The summed E-state index contributed by atoms with van der Waals surface area (Å²) in [4.78, 5) is 0. The van der Waals surface area contributed by atoms with Gasteiger partial charge in [0.25, 0.3) is 0 Å². The molecule has 84 valence electrons. The number of aliphatic hydroxyl groups excluding tert-OH is 1. The average molecular weight is 212 g/mol. The number of hydrogen-bond acceptors (Lipinski definition) is 4. The Morgan fingerprint density at radius 1 is 1.00 bits per heavy atom. The highest BCUT2D eigenvalue weighted by molar-refractivity contribution is 5.55. The Morgan fingerprint density at radius 2 is 1.67 bits per heavy atom. The lowest BCUT2D eigenvalue weighted by Gasteiger charge is -2.15. The van der Waals surface area contributed by atoms with Crippen LogP contribution in [-0.4, -0.2) is 33.0 Å². The number of benzene rings is 1. The summed E-state index contributed by atoms with van der Waals surface area (Å²) in [5.41, 5.74) is 0.901. The highest BCUT2D eigenvalue weighted by Gasteiger charge is 2.14. The van der Waals surface area contributed by atoms with E-state index in [0.717, 1.165) is 5.56 Å². The molecule has 1 aromatic rings. The van der Waals surface area contributed by atoms with Crippen molar-refractivity contribution in [3.05, 3.63) is 17.7 Å². The highest BCUT2D eigenvalue weighted by Crippen LogP contribution is 2.39. The van der Waals surface area contributed by atoms with Crippen molar-refractivity contribution in [3.63, 3.8) is 0 Å². The van der Waals surface area contributed by atoms with Crippen molar-refractivity contribution in [1.82, 2.24) is 0 Å². The summed E-state index contributed by atoms with van der Waals surface area (Å²) in [6, 6.07) is 3.66. The molecule has 0 aliphatic heterocycles. The van der Waals surface area contributed by atoms with E-state index in [2.05, 4.69) is 0 Å². The third-order valence-corrected chi connectivity index (χ3v) is 2.17. The van der Waals surface area contributed by atoms with E-state index in [1.807, 2.05) is 6.07 Å². The molecule has 0 aliphatic carbocycles. The second kappa shape index (κ2) is 5.46. The van der Waals surface area contributed by atoms with Crippen LogP contribution in [-0.2, 0) is 6.42 Å². The van der Waals surface area contributed by atoms with Gasteiger partial charge in [0.05, 0.1) is 21.3 Å². The van der Waals surface area contributed by atoms with Gasteiger partial charge in [-0.15, -0.1) is 0 Å². The minimum Gasteiger partial charge on any atom is -0.493 e. The minimum atomic E-state index is 0.0752. The van der Waals surface area contributed by atoms with E-state index in [9.17, 15) is 0 Å². The normalized spacial score (nSPS) is 9.87. The Bertz CT molecular complexity index is 323. The zero-order valence-electron chi connectivity index (χ0n) is 9.24. The van der Waals surface area contributed by atoms with E-state index >= 15 is 0 Å². The molecule has 0 unspecified atom stereocenters. The van der Waals surface area contributed by atoms with Crippen LogP contribution in [0.3, 0.4) is 0 Å². The van der Waals surface area contributed by atoms with E-state index in [4.69, 9.17) is 19.3 Å². The van der Waals surface area contributed by atoms with Gasteiger partial charge in [-0.05, 0) is 12.5 Å². The van der Waals surface area contributed by atoms with Gasteiger partial charge in [0.2, 0.25) is 5.75 Å². The monoisotopic (exact) mass is 212 g/mol. The number of ether oxygens (including phenoxy) is 3. The summed E-state index contributed by atoms with van der Waals surface area (Å²) in [5.74, 6) is 1.80. The maximum atomic E-state index is 8.90. The molecule has 0 bridgehead atoms. The van der Waals surface area contributed by atoms with Crippen molar-refractivity contribution >= 4 is 0 Å². The fourth-order valence-corrected chi connectivity index (χ4v) is 1.48. The van der Waals surface area contributed by atoms with Crippen molar-refractivity contribution in [1.29, 1.82) is 0 Å². The van der Waals surface area contributed by atoms with Gasteiger partial charge in [-0.2, -0.15) is 0 Å². The first kappa shape index (κ1) is 11.7. The van der Waals surface area contributed by atoms with Crippen LogP contribution in [0.2, 0.25) is 0 Å². The summed E-state index contributed by atoms with van der Waals surface area (Å²) < 4.78 is 15.6. The molecular formula is C11H16O4. The summed E-state index contributed by atoms with van der Waals surface area (Å²) in [5, 5.41) is 8.90. The van der Waals surface area contributed by atoms with Crippen LogP contribution >= 0.6 is 0 Å². The van der Waals surface area contributed by atoms with E-state index in [0.29, 0.717) is 23.7 Å². The molecule has 0 heterocycles. The van der Waals surface area contributed by atoms with Crippen LogP contribution in [0, 0.1) is 0 Å². The van der Waals surface area contributed by atoms with Crippen molar-refractivity contribution in [2.75, 3.05) is 27.9 Å². The van der Waals surface area contributed by atoms with Gasteiger partial charge in [-0.3, -0.25) is 0 Å². The van der Waals surface area contributed by atoms with Gasteiger partial charge in [0.1, 0.15) is 0 Å². The maximum absolute atomic E-state index is 8.90. The molecule has 0 aromatic heterocycles. The molecular weight excluding hydrogens is 196 g/mol. The highest BCUT2D eigenvalue weighted by atomic mass is 16.5. The second-order valence-electron chi connectivity index (χ2n) is 2.97. The molecule has 0 spiro atoms. The van der Waals surface area contributed by atoms with Crippen molar-refractivity contribution in [2.24, 2.45) is 0 Å². The number of hydrogen-bond donors (Lipinski definition) is 1. The topological polar surface area (TPSA) is 47.9 Å². The molecule has 1 N–H and O–H groups in total. The number of rotatable bonds is 5. The SMILES string of the molecule is COc1ccc(CCO)c(OC)c1OC. The van der Waals surface area contributed by atoms with Gasteiger partial charge in [0.15, 0.2) is 11.5 Å². The first-order valence-electron chi connectivity index (χ1n) is 4.67. The van der Waals surface area contributed by atoms with Gasteiger partial charge in [0, 0.05) is 12.2 Å². The first-order valence-corrected chi connectivity index (χ1v) is 4.67. The minimum absolute atomic E-state index is 0.0752. The Morgan fingerprint density at radius 3 is 2.13 bits per heavy atom.